The van der Waals surface area contributed by atoms with Gasteiger partial charge in [-0.15, -0.1) is 0 Å². The van der Waals surface area contributed by atoms with Crippen LogP contribution in [0.1, 0.15) is 44.9 Å². The largest absolute Gasteiger partial charge is 0.378 e. The SMILES string of the molecule is O=C([C@@H]1CCCC[C@H]1N1CCCCC1)N1CCOCC1. The molecule has 1 saturated carbocycles. The minimum Gasteiger partial charge on any atom is -0.378 e. The first-order valence-electron chi connectivity index (χ1n) is 8.47. The van der Waals surface area contributed by atoms with Crippen molar-refractivity contribution in [3.63, 3.8) is 0 Å². The summed E-state index contributed by atoms with van der Waals surface area (Å²) in [5.74, 6) is 0.656. The minimum absolute atomic E-state index is 0.250. The molecular formula is C16H28N2O2. The highest BCUT2D eigenvalue weighted by atomic mass is 16.5. The minimum atomic E-state index is 0.250. The Morgan fingerprint density at radius 1 is 0.850 bits per heavy atom. The van der Waals surface area contributed by atoms with Crippen LogP contribution in [0.2, 0.25) is 0 Å². The second kappa shape index (κ2) is 6.90. The van der Waals surface area contributed by atoms with E-state index in [2.05, 4.69) is 9.80 Å². The smallest absolute Gasteiger partial charge is 0.227 e. The first-order valence-corrected chi connectivity index (χ1v) is 8.47. The van der Waals surface area contributed by atoms with Crippen LogP contribution in [0.25, 0.3) is 0 Å². The maximum absolute atomic E-state index is 12.8. The van der Waals surface area contributed by atoms with Crippen molar-refractivity contribution in [1.82, 2.24) is 9.80 Å². The first kappa shape index (κ1) is 14.3. The van der Waals surface area contributed by atoms with Gasteiger partial charge in [0.25, 0.3) is 0 Å². The summed E-state index contributed by atoms with van der Waals surface area (Å²) >= 11 is 0. The molecule has 1 aliphatic carbocycles. The van der Waals surface area contributed by atoms with Crippen LogP contribution in [0, 0.1) is 5.92 Å². The molecule has 2 heterocycles. The third-order valence-corrected chi connectivity index (χ3v) is 5.23. The maximum Gasteiger partial charge on any atom is 0.227 e. The first-order chi connectivity index (χ1) is 9.86. The van der Waals surface area contributed by atoms with Crippen molar-refractivity contribution in [3.05, 3.63) is 0 Å². The van der Waals surface area contributed by atoms with Gasteiger partial charge in [-0.3, -0.25) is 9.69 Å². The van der Waals surface area contributed by atoms with Gasteiger partial charge in [0.2, 0.25) is 5.91 Å². The van der Waals surface area contributed by atoms with Gasteiger partial charge in [0.1, 0.15) is 0 Å². The summed E-state index contributed by atoms with van der Waals surface area (Å²) in [6.07, 6.45) is 8.84. The van der Waals surface area contributed by atoms with Crippen LogP contribution >= 0.6 is 0 Å². The Hall–Kier alpha value is -0.610. The van der Waals surface area contributed by atoms with Gasteiger partial charge in [-0.25, -0.2) is 0 Å². The van der Waals surface area contributed by atoms with E-state index in [4.69, 9.17) is 4.74 Å². The lowest BCUT2D eigenvalue weighted by Crippen LogP contribution is -2.52. The van der Waals surface area contributed by atoms with Crippen LogP contribution in [0.4, 0.5) is 0 Å². The summed E-state index contributed by atoms with van der Waals surface area (Å²) in [5, 5.41) is 0. The molecule has 0 bridgehead atoms. The van der Waals surface area contributed by atoms with E-state index in [0.29, 0.717) is 25.2 Å². The van der Waals surface area contributed by atoms with Crippen LogP contribution < -0.4 is 0 Å². The predicted molar refractivity (Wildman–Crippen MR) is 78.6 cm³/mol. The van der Waals surface area contributed by atoms with E-state index in [1.54, 1.807) is 0 Å². The molecule has 4 nitrogen and oxygen atoms in total. The van der Waals surface area contributed by atoms with Gasteiger partial charge >= 0.3 is 0 Å². The van der Waals surface area contributed by atoms with Gasteiger partial charge in [-0.2, -0.15) is 0 Å². The van der Waals surface area contributed by atoms with E-state index >= 15 is 0 Å². The Bertz CT molecular complexity index is 322. The molecule has 114 valence electrons. The number of ether oxygens (including phenoxy) is 1. The topological polar surface area (TPSA) is 32.8 Å². The quantitative estimate of drug-likeness (QED) is 0.774. The van der Waals surface area contributed by atoms with Crippen LogP contribution in [-0.4, -0.2) is 61.1 Å². The molecule has 0 unspecified atom stereocenters. The number of likely N-dealkylation sites (tertiary alicyclic amines) is 1. The van der Waals surface area contributed by atoms with Gasteiger partial charge in [0.05, 0.1) is 19.1 Å². The number of carbonyl (C=O) groups is 1. The summed E-state index contributed by atoms with van der Waals surface area (Å²) < 4.78 is 5.38. The van der Waals surface area contributed by atoms with Crippen molar-refractivity contribution in [2.75, 3.05) is 39.4 Å². The molecule has 3 fully saturated rings. The molecule has 1 amide bonds. The number of amides is 1. The monoisotopic (exact) mass is 280 g/mol. The van der Waals surface area contributed by atoms with E-state index < -0.39 is 0 Å². The number of rotatable bonds is 2. The van der Waals surface area contributed by atoms with Gasteiger partial charge in [0, 0.05) is 19.1 Å². The van der Waals surface area contributed by atoms with E-state index in [0.717, 1.165) is 19.5 Å². The Morgan fingerprint density at radius 2 is 1.55 bits per heavy atom. The molecule has 0 spiro atoms. The third-order valence-electron chi connectivity index (χ3n) is 5.23. The highest BCUT2D eigenvalue weighted by Crippen LogP contribution is 2.31. The molecule has 0 aromatic heterocycles. The zero-order valence-electron chi connectivity index (χ0n) is 12.6. The molecule has 2 saturated heterocycles. The predicted octanol–water partition coefficient (Wildman–Crippen LogP) is 1.89. The van der Waals surface area contributed by atoms with Gasteiger partial charge in [0.15, 0.2) is 0 Å². The zero-order valence-corrected chi connectivity index (χ0v) is 12.6. The Kier molecular flexibility index (Phi) is 4.94. The lowest BCUT2D eigenvalue weighted by Gasteiger charge is -2.43. The number of carbonyl (C=O) groups excluding carboxylic acids is 1. The van der Waals surface area contributed by atoms with Gasteiger partial charge in [-0.05, 0) is 38.8 Å². The normalized spacial score (nSPS) is 33.1. The second-order valence-corrected chi connectivity index (χ2v) is 6.49. The fourth-order valence-electron chi connectivity index (χ4n) is 4.10. The second-order valence-electron chi connectivity index (χ2n) is 6.49. The lowest BCUT2D eigenvalue weighted by atomic mass is 9.81. The molecule has 0 N–H and O–H groups in total. The number of morpholine rings is 1. The van der Waals surface area contributed by atoms with E-state index in [9.17, 15) is 4.79 Å². The van der Waals surface area contributed by atoms with E-state index in [-0.39, 0.29) is 5.92 Å². The molecule has 2 aliphatic heterocycles. The molecule has 3 rings (SSSR count). The number of hydrogen-bond donors (Lipinski definition) is 0. The fourth-order valence-corrected chi connectivity index (χ4v) is 4.10. The van der Waals surface area contributed by atoms with E-state index in [1.807, 2.05) is 0 Å². The Morgan fingerprint density at radius 3 is 2.30 bits per heavy atom. The van der Waals surface area contributed by atoms with Crippen LogP contribution in [0.15, 0.2) is 0 Å². The molecule has 3 aliphatic rings. The Balaban J connectivity index is 1.65. The zero-order chi connectivity index (χ0) is 13.8. The standard InChI is InChI=1S/C16H28N2O2/c19-16(18-10-12-20-13-11-18)14-6-2-3-7-15(14)17-8-4-1-5-9-17/h14-15H,1-13H2/t14-,15-/m1/s1. The summed E-state index contributed by atoms with van der Waals surface area (Å²) in [6.45, 7) is 5.43. The van der Waals surface area contributed by atoms with Crippen LogP contribution in [0.5, 0.6) is 0 Å². The summed E-state index contributed by atoms with van der Waals surface area (Å²) in [7, 11) is 0. The number of piperidine rings is 1. The summed E-state index contributed by atoms with van der Waals surface area (Å²) in [4.78, 5) is 17.5. The van der Waals surface area contributed by atoms with Crippen molar-refractivity contribution >= 4 is 5.91 Å². The fraction of sp³-hybridized carbons (Fsp3) is 0.938. The molecule has 2 atom stereocenters. The third kappa shape index (κ3) is 3.17. The molecular weight excluding hydrogens is 252 g/mol. The lowest BCUT2D eigenvalue weighted by molar-refractivity contribution is -0.143. The molecule has 0 aromatic carbocycles. The molecule has 20 heavy (non-hydrogen) atoms. The number of nitrogens with zero attached hydrogens (tertiary/aromatic N) is 2. The molecule has 0 radical (unpaired) electrons. The average molecular weight is 280 g/mol. The maximum atomic E-state index is 12.8. The Labute approximate surface area is 122 Å². The average Bonchev–Trinajstić information content (AvgIpc) is 2.56. The highest BCUT2D eigenvalue weighted by Gasteiger charge is 2.37. The van der Waals surface area contributed by atoms with Gasteiger partial charge in [-0.1, -0.05) is 19.3 Å². The number of hydrogen-bond acceptors (Lipinski definition) is 3. The van der Waals surface area contributed by atoms with Crippen molar-refractivity contribution in [3.8, 4) is 0 Å². The van der Waals surface area contributed by atoms with Crippen molar-refractivity contribution in [2.24, 2.45) is 5.92 Å². The van der Waals surface area contributed by atoms with Gasteiger partial charge < -0.3 is 9.64 Å². The highest BCUT2D eigenvalue weighted by molar-refractivity contribution is 5.79. The summed E-state index contributed by atoms with van der Waals surface area (Å²) in [5.41, 5.74) is 0. The molecule has 0 aromatic rings. The summed E-state index contributed by atoms with van der Waals surface area (Å²) in [6, 6.07) is 0.513. The van der Waals surface area contributed by atoms with Crippen molar-refractivity contribution in [2.45, 2.75) is 51.0 Å². The van der Waals surface area contributed by atoms with Crippen LogP contribution in [-0.2, 0) is 9.53 Å². The van der Waals surface area contributed by atoms with Crippen molar-refractivity contribution in [1.29, 1.82) is 0 Å². The van der Waals surface area contributed by atoms with E-state index in [1.165, 1.54) is 51.6 Å². The van der Waals surface area contributed by atoms with Crippen molar-refractivity contribution < 1.29 is 9.53 Å². The molecule has 4 heteroatoms. The van der Waals surface area contributed by atoms with Crippen LogP contribution in [0.3, 0.4) is 0 Å².